The number of nitrogens with zero attached hydrogens (tertiary/aromatic N) is 2. The molecule has 106 valence electrons. The molecule has 19 heavy (non-hydrogen) atoms. The van der Waals surface area contributed by atoms with E-state index >= 15 is 0 Å². The second-order valence-corrected chi connectivity index (χ2v) is 5.36. The molecule has 1 aliphatic heterocycles. The summed E-state index contributed by atoms with van der Waals surface area (Å²) in [5.41, 5.74) is 0.605. The van der Waals surface area contributed by atoms with Crippen LogP contribution in [0.1, 0.15) is 12.8 Å². The van der Waals surface area contributed by atoms with E-state index in [2.05, 4.69) is 31.7 Å². The average Bonchev–Trinajstić information content (AvgIpc) is 2.92. The Kier molecular flexibility index (Phi) is 5.35. The highest BCUT2D eigenvalue weighted by Gasteiger charge is 2.15. The van der Waals surface area contributed by atoms with Crippen molar-refractivity contribution in [2.24, 2.45) is 0 Å². The predicted octanol–water partition coefficient (Wildman–Crippen LogP) is 0.816. The van der Waals surface area contributed by atoms with Crippen molar-refractivity contribution in [3.63, 3.8) is 0 Å². The maximum atomic E-state index is 12.0. The zero-order valence-corrected chi connectivity index (χ0v) is 12.6. The molecule has 0 saturated carbocycles. The number of hydrogen-bond acceptors (Lipinski definition) is 5. The van der Waals surface area contributed by atoms with Crippen molar-refractivity contribution in [1.82, 2.24) is 15.1 Å². The highest BCUT2D eigenvalue weighted by Crippen LogP contribution is 2.16. The highest BCUT2D eigenvalue weighted by molar-refractivity contribution is 9.10. The van der Waals surface area contributed by atoms with E-state index in [1.807, 2.05) is 0 Å². The van der Waals surface area contributed by atoms with Gasteiger partial charge in [-0.05, 0) is 35.3 Å². The van der Waals surface area contributed by atoms with Crippen molar-refractivity contribution in [3.05, 3.63) is 21.0 Å². The summed E-state index contributed by atoms with van der Waals surface area (Å²) in [5.74, 6) is 0. The Labute approximate surface area is 120 Å². The number of nitrogens with one attached hydrogen (secondary N) is 2. The number of rotatable bonds is 6. The molecular weight excluding hydrogens is 312 g/mol. The lowest BCUT2D eigenvalue weighted by atomic mass is 10.2. The first-order valence-electron chi connectivity index (χ1n) is 6.44. The lowest BCUT2D eigenvalue weighted by Gasteiger charge is -2.14. The van der Waals surface area contributed by atoms with E-state index < -0.39 is 0 Å². The van der Waals surface area contributed by atoms with Crippen molar-refractivity contribution in [2.45, 2.75) is 25.4 Å². The Morgan fingerprint density at radius 1 is 1.68 bits per heavy atom. The molecule has 0 bridgehead atoms. The van der Waals surface area contributed by atoms with E-state index in [9.17, 15) is 4.79 Å². The fourth-order valence-corrected chi connectivity index (χ4v) is 2.54. The molecule has 0 spiro atoms. The van der Waals surface area contributed by atoms with Crippen LogP contribution in [0.15, 0.2) is 15.5 Å². The SMILES string of the molecule is COCCn1ncc(NCC2CCCN2)c(Br)c1=O. The minimum atomic E-state index is -0.138. The molecule has 1 aromatic heterocycles. The third-order valence-corrected chi connectivity index (χ3v) is 3.96. The summed E-state index contributed by atoms with van der Waals surface area (Å²) in [5, 5.41) is 10.8. The molecule has 6 nitrogen and oxygen atoms in total. The lowest BCUT2D eigenvalue weighted by Crippen LogP contribution is -2.31. The van der Waals surface area contributed by atoms with Gasteiger partial charge in [0.05, 0.1) is 25.0 Å². The van der Waals surface area contributed by atoms with Crippen molar-refractivity contribution < 1.29 is 4.74 Å². The molecule has 1 aromatic rings. The first kappa shape index (κ1) is 14.5. The minimum absolute atomic E-state index is 0.138. The Bertz CT molecular complexity index is 471. The van der Waals surface area contributed by atoms with Crippen LogP contribution < -0.4 is 16.2 Å². The summed E-state index contributed by atoms with van der Waals surface area (Å²) >= 11 is 3.34. The van der Waals surface area contributed by atoms with Crippen LogP contribution in [0, 0.1) is 0 Å². The van der Waals surface area contributed by atoms with Gasteiger partial charge in [-0.2, -0.15) is 5.10 Å². The van der Waals surface area contributed by atoms with Crippen LogP contribution in [0.2, 0.25) is 0 Å². The van der Waals surface area contributed by atoms with Crippen molar-refractivity contribution in [1.29, 1.82) is 0 Å². The zero-order valence-electron chi connectivity index (χ0n) is 11.0. The molecule has 1 aliphatic rings. The van der Waals surface area contributed by atoms with Crippen molar-refractivity contribution >= 4 is 21.6 Å². The zero-order chi connectivity index (χ0) is 13.7. The predicted molar refractivity (Wildman–Crippen MR) is 77.6 cm³/mol. The van der Waals surface area contributed by atoms with Gasteiger partial charge >= 0.3 is 0 Å². The van der Waals surface area contributed by atoms with E-state index in [1.54, 1.807) is 13.3 Å². The number of hydrogen-bond donors (Lipinski definition) is 2. The summed E-state index contributed by atoms with van der Waals surface area (Å²) in [7, 11) is 1.60. The fraction of sp³-hybridized carbons (Fsp3) is 0.667. The number of halogens is 1. The van der Waals surface area contributed by atoms with Gasteiger partial charge in [-0.15, -0.1) is 0 Å². The number of anilines is 1. The standard InChI is InChI=1S/C12H19BrN4O2/c1-19-6-5-17-12(18)11(13)10(8-16-17)15-7-9-3-2-4-14-9/h8-9,14-15H,2-7H2,1H3. The van der Waals surface area contributed by atoms with Crippen LogP contribution in [0.5, 0.6) is 0 Å². The maximum absolute atomic E-state index is 12.0. The Hall–Kier alpha value is -0.920. The monoisotopic (exact) mass is 330 g/mol. The highest BCUT2D eigenvalue weighted by atomic mass is 79.9. The first-order chi connectivity index (χ1) is 9.22. The van der Waals surface area contributed by atoms with Gasteiger partial charge in [0.25, 0.3) is 5.56 Å². The molecule has 0 radical (unpaired) electrons. The van der Waals surface area contributed by atoms with Crippen LogP contribution in [-0.4, -0.2) is 42.6 Å². The van der Waals surface area contributed by atoms with Crippen LogP contribution in [0.3, 0.4) is 0 Å². The second kappa shape index (κ2) is 7.02. The molecule has 2 rings (SSSR count). The minimum Gasteiger partial charge on any atom is -0.383 e. The molecule has 1 fully saturated rings. The summed E-state index contributed by atoms with van der Waals surface area (Å²) < 4.78 is 6.87. The van der Waals surface area contributed by atoms with Crippen molar-refractivity contribution in [2.75, 3.05) is 32.1 Å². The second-order valence-electron chi connectivity index (χ2n) is 4.57. The summed E-state index contributed by atoms with van der Waals surface area (Å²) in [6, 6.07) is 0.475. The van der Waals surface area contributed by atoms with Gasteiger partial charge in [-0.3, -0.25) is 4.79 Å². The van der Waals surface area contributed by atoms with E-state index in [-0.39, 0.29) is 5.56 Å². The fourth-order valence-electron chi connectivity index (χ4n) is 2.09. The number of ether oxygens (including phenoxy) is 1. The number of methoxy groups -OCH3 is 1. The Balaban J connectivity index is 2.01. The maximum Gasteiger partial charge on any atom is 0.283 e. The molecular formula is C12H19BrN4O2. The van der Waals surface area contributed by atoms with E-state index in [1.165, 1.54) is 17.5 Å². The molecule has 1 unspecified atom stereocenters. The van der Waals surface area contributed by atoms with Gasteiger partial charge in [0.2, 0.25) is 0 Å². The summed E-state index contributed by atoms with van der Waals surface area (Å²) in [6.07, 6.45) is 4.06. The molecule has 1 saturated heterocycles. The van der Waals surface area contributed by atoms with Gasteiger partial charge in [0, 0.05) is 19.7 Å². The van der Waals surface area contributed by atoms with Gasteiger partial charge in [0.1, 0.15) is 4.47 Å². The van der Waals surface area contributed by atoms with E-state index in [0.717, 1.165) is 18.8 Å². The number of aromatic nitrogens is 2. The van der Waals surface area contributed by atoms with Crippen LogP contribution in [0.4, 0.5) is 5.69 Å². The molecule has 2 heterocycles. The Morgan fingerprint density at radius 2 is 2.53 bits per heavy atom. The Morgan fingerprint density at radius 3 is 3.21 bits per heavy atom. The third kappa shape index (κ3) is 3.77. The van der Waals surface area contributed by atoms with Crippen molar-refractivity contribution in [3.8, 4) is 0 Å². The third-order valence-electron chi connectivity index (χ3n) is 3.19. The van der Waals surface area contributed by atoms with Crippen LogP contribution in [-0.2, 0) is 11.3 Å². The topological polar surface area (TPSA) is 68.2 Å². The largest absolute Gasteiger partial charge is 0.383 e. The van der Waals surface area contributed by atoms with E-state index in [0.29, 0.717) is 23.7 Å². The molecule has 2 N–H and O–H groups in total. The summed E-state index contributed by atoms with van der Waals surface area (Å²) in [4.78, 5) is 12.0. The van der Waals surface area contributed by atoms with Gasteiger partial charge < -0.3 is 15.4 Å². The lowest BCUT2D eigenvalue weighted by molar-refractivity contribution is 0.181. The smallest absolute Gasteiger partial charge is 0.283 e. The average molecular weight is 331 g/mol. The van der Waals surface area contributed by atoms with Crippen LogP contribution in [0.25, 0.3) is 0 Å². The first-order valence-corrected chi connectivity index (χ1v) is 7.23. The van der Waals surface area contributed by atoms with E-state index in [4.69, 9.17) is 4.74 Å². The summed E-state index contributed by atoms with van der Waals surface area (Å²) in [6.45, 7) is 2.81. The van der Waals surface area contributed by atoms with Crippen LogP contribution >= 0.6 is 15.9 Å². The molecule has 0 amide bonds. The van der Waals surface area contributed by atoms with Gasteiger partial charge in [-0.25, -0.2) is 4.68 Å². The molecule has 1 atom stereocenters. The van der Waals surface area contributed by atoms with Gasteiger partial charge in [0.15, 0.2) is 0 Å². The normalized spacial score (nSPS) is 18.7. The van der Waals surface area contributed by atoms with Gasteiger partial charge in [-0.1, -0.05) is 0 Å². The molecule has 7 heteroatoms. The molecule has 0 aliphatic carbocycles. The molecule has 0 aromatic carbocycles. The quantitative estimate of drug-likeness (QED) is 0.808.